The lowest BCUT2D eigenvalue weighted by atomic mass is 10.0. The highest BCUT2D eigenvalue weighted by molar-refractivity contribution is 7.92. The molecular weight excluding hydrogens is 423 g/mol. The molecule has 7 nitrogen and oxygen atoms in total. The van der Waals surface area contributed by atoms with Crippen molar-refractivity contribution in [1.29, 1.82) is 0 Å². The summed E-state index contributed by atoms with van der Waals surface area (Å²) in [4.78, 5) is 14.7. The molecular formula is C22H25FN2O5S. The highest BCUT2D eigenvalue weighted by atomic mass is 32.2. The van der Waals surface area contributed by atoms with Crippen LogP contribution in [0.4, 0.5) is 10.1 Å². The van der Waals surface area contributed by atoms with Crippen molar-refractivity contribution in [2.75, 3.05) is 37.2 Å². The second kappa shape index (κ2) is 8.74. The highest BCUT2D eigenvalue weighted by Gasteiger charge is 2.31. The molecule has 1 fully saturated rings. The molecule has 2 aliphatic rings. The summed E-state index contributed by atoms with van der Waals surface area (Å²) < 4.78 is 52.6. The number of benzene rings is 2. The number of halogens is 1. The van der Waals surface area contributed by atoms with E-state index in [0.29, 0.717) is 43.7 Å². The Balaban J connectivity index is 1.68. The predicted octanol–water partition coefficient (Wildman–Crippen LogP) is 3.05. The third kappa shape index (κ3) is 4.61. The number of piperidine rings is 1. The molecule has 166 valence electrons. The van der Waals surface area contributed by atoms with Gasteiger partial charge in [-0.3, -0.25) is 9.10 Å². The van der Waals surface area contributed by atoms with Crippen LogP contribution in [0.25, 0.3) is 0 Å². The SMILES string of the molecule is C[C@H]1CCCN(C(=O)CN(c2ccc(F)cc2)S(=O)(=O)c2ccc3c(c2)OCCO3)C1. The number of rotatable bonds is 5. The van der Waals surface area contributed by atoms with Gasteiger partial charge in [-0.05, 0) is 55.2 Å². The van der Waals surface area contributed by atoms with Gasteiger partial charge in [-0.25, -0.2) is 12.8 Å². The third-order valence-electron chi connectivity index (χ3n) is 5.50. The van der Waals surface area contributed by atoms with Gasteiger partial charge in [-0.2, -0.15) is 0 Å². The number of likely N-dealkylation sites (tertiary alicyclic amines) is 1. The fourth-order valence-electron chi connectivity index (χ4n) is 3.87. The summed E-state index contributed by atoms with van der Waals surface area (Å²) >= 11 is 0. The second-order valence-electron chi connectivity index (χ2n) is 7.88. The normalized spacial score (nSPS) is 18.5. The van der Waals surface area contributed by atoms with Crippen LogP contribution in [0.1, 0.15) is 19.8 Å². The van der Waals surface area contributed by atoms with Crippen molar-refractivity contribution in [2.45, 2.75) is 24.7 Å². The summed E-state index contributed by atoms with van der Waals surface area (Å²) in [6.45, 7) is 3.62. The zero-order valence-electron chi connectivity index (χ0n) is 17.3. The number of hydrogen-bond acceptors (Lipinski definition) is 5. The van der Waals surface area contributed by atoms with Gasteiger partial charge >= 0.3 is 0 Å². The Hall–Kier alpha value is -2.81. The Kier molecular flexibility index (Phi) is 6.04. The third-order valence-corrected chi connectivity index (χ3v) is 7.27. The number of fused-ring (bicyclic) bond motifs is 1. The molecule has 0 N–H and O–H groups in total. The lowest BCUT2D eigenvalue weighted by Gasteiger charge is -2.33. The molecule has 1 amide bonds. The smallest absolute Gasteiger partial charge is 0.264 e. The van der Waals surface area contributed by atoms with Gasteiger partial charge in [0, 0.05) is 19.2 Å². The number of sulfonamides is 1. The zero-order valence-corrected chi connectivity index (χ0v) is 18.1. The van der Waals surface area contributed by atoms with Gasteiger partial charge < -0.3 is 14.4 Å². The van der Waals surface area contributed by atoms with Crippen LogP contribution in [0.3, 0.4) is 0 Å². The van der Waals surface area contributed by atoms with Gasteiger partial charge in [-0.15, -0.1) is 0 Å². The number of carbonyl (C=O) groups excluding carboxylic acids is 1. The standard InChI is InChI=1S/C22H25FN2O5S/c1-16-3-2-10-24(14-16)22(26)15-25(18-6-4-17(23)5-7-18)31(27,28)19-8-9-20-21(13-19)30-12-11-29-20/h4-9,13,16H,2-3,10-12,14-15H2,1H3/t16-/m0/s1. The fourth-order valence-corrected chi connectivity index (χ4v) is 5.30. The van der Waals surface area contributed by atoms with Crippen LogP contribution in [0, 0.1) is 11.7 Å². The summed E-state index contributed by atoms with van der Waals surface area (Å²) in [6.07, 6.45) is 1.93. The minimum atomic E-state index is -4.12. The average molecular weight is 449 g/mol. The highest BCUT2D eigenvalue weighted by Crippen LogP contribution is 2.34. The quantitative estimate of drug-likeness (QED) is 0.703. The minimum absolute atomic E-state index is 0.0270. The van der Waals surface area contributed by atoms with Crippen molar-refractivity contribution in [3.8, 4) is 11.5 Å². The van der Waals surface area contributed by atoms with Crippen molar-refractivity contribution >= 4 is 21.6 Å². The molecule has 2 aliphatic heterocycles. The van der Waals surface area contributed by atoms with Gasteiger partial charge in [0.15, 0.2) is 11.5 Å². The minimum Gasteiger partial charge on any atom is -0.486 e. The van der Waals surface area contributed by atoms with Crippen LogP contribution < -0.4 is 13.8 Å². The van der Waals surface area contributed by atoms with E-state index in [-0.39, 0.29) is 23.0 Å². The Morgan fingerprint density at radius 3 is 2.55 bits per heavy atom. The van der Waals surface area contributed by atoms with Gasteiger partial charge in [0.2, 0.25) is 5.91 Å². The summed E-state index contributed by atoms with van der Waals surface area (Å²) in [6, 6.07) is 9.43. The van der Waals surface area contributed by atoms with Crippen LogP contribution in [0.5, 0.6) is 11.5 Å². The molecule has 0 radical (unpaired) electrons. The first-order chi connectivity index (χ1) is 14.8. The van der Waals surface area contributed by atoms with Crippen LogP contribution in [0.15, 0.2) is 47.4 Å². The molecule has 2 aromatic rings. The van der Waals surface area contributed by atoms with Crippen molar-refractivity contribution < 1.29 is 27.1 Å². The van der Waals surface area contributed by atoms with Crippen molar-refractivity contribution in [3.05, 3.63) is 48.3 Å². The number of ether oxygens (including phenoxy) is 2. The Labute approximate surface area is 181 Å². The maximum atomic E-state index is 13.6. The molecule has 0 bridgehead atoms. The van der Waals surface area contributed by atoms with Crippen LogP contribution >= 0.6 is 0 Å². The maximum absolute atomic E-state index is 13.6. The van der Waals surface area contributed by atoms with Gasteiger partial charge in [0.05, 0.1) is 10.6 Å². The van der Waals surface area contributed by atoms with E-state index < -0.39 is 15.8 Å². The fraction of sp³-hybridized carbons (Fsp3) is 0.409. The molecule has 0 spiro atoms. The molecule has 4 rings (SSSR count). The summed E-state index contributed by atoms with van der Waals surface area (Å²) in [5, 5.41) is 0. The van der Waals surface area contributed by atoms with Gasteiger partial charge in [-0.1, -0.05) is 6.92 Å². The van der Waals surface area contributed by atoms with Gasteiger partial charge in [0.1, 0.15) is 25.6 Å². The molecule has 1 atom stereocenters. The summed E-state index contributed by atoms with van der Waals surface area (Å²) in [7, 11) is -4.12. The number of anilines is 1. The second-order valence-corrected chi connectivity index (χ2v) is 9.74. The van der Waals surface area contributed by atoms with Crippen molar-refractivity contribution in [2.24, 2.45) is 5.92 Å². The van der Waals surface area contributed by atoms with Crippen molar-refractivity contribution in [1.82, 2.24) is 4.90 Å². The maximum Gasteiger partial charge on any atom is 0.264 e. The Morgan fingerprint density at radius 2 is 1.84 bits per heavy atom. The van der Waals surface area contributed by atoms with E-state index in [0.717, 1.165) is 17.1 Å². The predicted molar refractivity (Wildman–Crippen MR) is 113 cm³/mol. The van der Waals surface area contributed by atoms with E-state index in [1.165, 1.54) is 36.4 Å². The number of hydrogen-bond donors (Lipinski definition) is 0. The first-order valence-corrected chi connectivity index (χ1v) is 11.7. The lowest BCUT2D eigenvalue weighted by molar-refractivity contribution is -0.131. The number of carbonyl (C=O) groups is 1. The molecule has 9 heteroatoms. The lowest BCUT2D eigenvalue weighted by Crippen LogP contribution is -2.46. The van der Waals surface area contributed by atoms with Crippen LogP contribution in [0.2, 0.25) is 0 Å². The van der Waals surface area contributed by atoms with E-state index >= 15 is 0 Å². The molecule has 2 aromatic carbocycles. The Bertz CT molecular complexity index is 1060. The Morgan fingerprint density at radius 1 is 1.13 bits per heavy atom. The van der Waals surface area contributed by atoms with Crippen molar-refractivity contribution in [3.63, 3.8) is 0 Å². The van der Waals surface area contributed by atoms with E-state index in [4.69, 9.17) is 9.47 Å². The van der Waals surface area contributed by atoms with E-state index in [2.05, 4.69) is 6.92 Å². The number of nitrogens with zero attached hydrogens (tertiary/aromatic N) is 2. The average Bonchev–Trinajstić information content (AvgIpc) is 2.77. The van der Waals surface area contributed by atoms with E-state index in [9.17, 15) is 17.6 Å². The molecule has 0 aliphatic carbocycles. The number of amides is 1. The first-order valence-electron chi connectivity index (χ1n) is 10.3. The molecule has 31 heavy (non-hydrogen) atoms. The van der Waals surface area contributed by atoms with E-state index in [1.54, 1.807) is 11.0 Å². The molecule has 0 unspecified atom stereocenters. The van der Waals surface area contributed by atoms with Gasteiger partial charge in [0.25, 0.3) is 10.0 Å². The topological polar surface area (TPSA) is 76.2 Å². The largest absolute Gasteiger partial charge is 0.486 e. The zero-order chi connectivity index (χ0) is 22.0. The first kappa shape index (κ1) is 21.4. The molecule has 2 heterocycles. The summed E-state index contributed by atoms with van der Waals surface area (Å²) in [5.41, 5.74) is 0.217. The summed E-state index contributed by atoms with van der Waals surface area (Å²) in [5.74, 6) is 0.402. The van der Waals surface area contributed by atoms with E-state index in [1.807, 2.05) is 0 Å². The molecule has 0 aromatic heterocycles. The molecule has 0 saturated carbocycles. The van der Waals surface area contributed by atoms with Crippen LogP contribution in [-0.4, -0.2) is 52.1 Å². The van der Waals surface area contributed by atoms with Crippen LogP contribution in [-0.2, 0) is 14.8 Å². The monoisotopic (exact) mass is 448 g/mol. The molecule has 1 saturated heterocycles.